The van der Waals surface area contributed by atoms with E-state index in [0.29, 0.717) is 38.4 Å². The minimum absolute atomic E-state index is 0.151. The number of hydrogen-bond donors (Lipinski definition) is 2. The van der Waals surface area contributed by atoms with Crippen molar-refractivity contribution in [3.8, 4) is 0 Å². The Bertz CT molecular complexity index is 1520. The molecule has 3 heterocycles. The van der Waals surface area contributed by atoms with Gasteiger partial charge in [0.25, 0.3) is 5.56 Å². The summed E-state index contributed by atoms with van der Waals surface area (Å²) in [4.78, 5) is 34.0. The molecule has 1 fully saturated rings. The molecule has 39 heavy (non-hydrogen) atoms. The van der Waals surface area contributed by atoms with Gasteiger partial charge in [-0.15, -0.1) is 0 Å². The number of aliphatic hydroxyl groups excluding tert-OH is 2. The van der Waals surface area contributed by atoms with Crippen LogP contribution in [0.1, 0.15) is 25.5 Å². The number of aromatic nitrogens is 4. The first kappa shape index (κ1) is 29.2. The Labute approximate surface area is 227 Å². The van der Waals surface area contributed by atoms with Crippen molar-refractivity contribution < 1.29 is 18.6 Å². The fourth-order valence-corrected chi connectivity index (χ4v) is 6.41. The van der Waals surface area contributed by atoms with Gasteiger partial charge in [-0.2, -0.15) is 0 Å². The summed E-state index contributed by atoms with van der Waals surface area (Å²) in [6.45, 7) is 8.91. The fourth-order valence-electron chi connectivity index (χ4n) is 5.05. The van der Waals surface area contributed by atoms with Crippen molar-refractivity contribution in [3.63, 3.8) is 0 Å². The van der Waals surface area contributed by atoms with E-state index in [1.807, 2.05) is 25.7 Å². The molecule has 214 valence electrons. The first-order chi connectivity index (χ1) is 18.4. The average Bonchev–Trinajstić information content (AvgIpc) is 3.26. The summed E-state index contributed by atoms with van der Waals surface area (Å²) >= 11 is 0. The summed E-state index contributed by atoms with van der Waals surface area (Å²) < 4.78 is 29.4. The molecule has 4 rings (SSSR count). The van der Waals surface area contributed by atoms with Gasteiger partial charge in [-0.3, -0.25) is 23.7 Å². The van der Waals surface area contributed by atoms with Gasteiger partial charge < -0.3 is 14.8 Å². The van der Waals surface area contributed by atoms with Crippen LogP contribution in [0.2, 0.25) is 0 Å². The van der Waals surface area contributed by atoms with Gasteiger partial charge in [0.1, 0.15) is 0 Å². The third kappa shape index (κ3) is 6.49. The van der Waals surface area contributed by atoms with Crippen LogP contribution >= 0.6 is 0 Å². The van der Waals surface area contributed by atoms with Crippen molar-refractivity contribution >= 4 is 21.0 Å². The molecule has 1 saturated heterocycles. The Kier molecular flexibility index (Phi) is 8.76. The highest BCUT2D eigenvalue weighted by molar-refractivity contribution is 7.91. The molecule has 1 aliphatic heterocycles. The van der Waals surface area contributed by atoms with Crippen molar-refractivity contribution in [2.75, 3.05) is 45.0 Å². The number of fused-ring (bicyclic) bond motifs is 1. The van der Waals surface area contributed by atoms with Gasteiger partial charge in [0.15, 0.2) is 21.0 Å². The summed E-state index contributed by atoms with van der Waals surface area (Å²) in [6, 6.07) is 6.43. The third-order valence-corrected chi connectivity index (χ3v) is 8.98. The van der Waals surface area contributed by atoms with E-state index in [2.05, 4.69) is 9.88 Å². The van der Waals surface area contributed by atoms with Gasteiger partial charge in [-0.1, -0.05) is 17.7 Å². The molecule has 0 spiro atoms. The van der Waals surface area contributed by atoms with E-state index < -0.39 is 33.3 Å². The lowest BCUT2D eigenvalue weighted by Gasteiger charge is -2.36. The molecule has 2 atom stereocenters. The Morgan fingerprint density at radius 2 is 1.49 bits per heavy atom. The lowest BCUT2D eigenvalue weighted by atomic mass is 10.2. The topological polar surface area (TPSA) is 143 Å². The maximum atomic E-state index is 12.8. The summed E-state index contributed by atoms with van der Waals surface area (Å²) in [7, 11) is -2.14. The molecule has 2 N–H and O–H groups in total. The molecule has 0 saturated carbocycles. The van der Waals surface area contributed by atoms with E-state index in [-0.39, 0.29) is 35.3 Å². The minimum Gasteiger partial charge on any atom is -0.391 e. The predicted molar refractivity (Wildman–Crippen MR) is 148 cm³/mol. The molecule has 0 aliphatic carbocycles. The number of hydrogen-bond acceptors (Lipinski definition) is 9. The SMILES string of the molecule is Cc1ccc(S(=O)(=O)CC(O)CN2CCN(CC(O)Cn3cnc4c3c(=O)n(C)c(=O)n4C(C)C)CC2)cc1. The molecule has 0 bridgehead atoms. The standard InChI is InChI=1S/C26H38N6O6S/c1-18(2)32-24-23(25(35)28(4)26(32)36)31(17-27-24)15-20(33)13-29-9-11-30(12-10-29)14-21(34)16-39(37,38)22-7-5-19(3)6-8-22/h5-8,17-18,20-21,33-34H,9-16H2,1-4H3. The molecular formula is C26H38N6O6S. The number of β-amino-alcohol motifs (C(OH)–C–C–N with tert-alkyl or cyclic N) is 2. The van der Waals surface area contributed by atoms with Crippen LogP contribution in [0, 0.1) is 6.92 Å². The predicted octanol–water partition coefficient (Wildman–Crippen LogP) is -0.401. The second-order valence-corrected chi connectivity index (χ2v) is 12.7. The summed E-state index contributed by atoms with van der Waals surface area (Å²) in [5.74, 6) is -0.335. The van der Waals surface area contributed by atoms with E-state index in [9.17, 15) is 28.2 Å². The highest BCUT2D eigenvalue weighted by atomic mass is 32.2. The number of benzene rings is 1. The Morgan fingerprint density at radius 3 is 2.05 bits per heavy atom. The zero-order valence-electron chi connectivity index (χ0n) is 22.9. The number of sulfone groups is 1. The van der Waals surface area contributed by atoms with Gasteiger partial charge in [0.05, 0.1) is 35.7 Å². The zero-order valence-corrected chi connectivity index (χ0v) is 23.7. The van der Waals surface area contributed by atoms with Gasteiger partial charge in [0, 0.05) is 52.4 Å². The van der Waals surface area contributed by atoms with Crippen LogP contribution < -0.4 is 11.2 Å². The zero-order chi connectivity index (χ0) is 28.5. The van der Waals surface area contributed by atoms with Crippen LogP contribution in [0.25, 0.3) is 11.2 Å². The van der Waals surface area contributed by atoms with Gasteiger partial charge in [-0.25, -0.2) is 18.2 Å². The van der Waals surface area contributed by atoms with Crippen LogP contribution in [0.5, 0.6) is 0 Å². The fraction of sp³-hybridized carbons (Fsp3) is 0.577. The van der Waals surface area contributed by atoms with Gasteiger partial charge in [0.2, 0.25) is 0 Å². The average molecular weight is 563 g/mol. The summed E-state index contributed by atoms with van der Waals surface area (Å²) in [5, 5.41) is 21.3. The third-order valence-electron chi connectivity index (χ3n) is 7.17. The Balaban J connectivity index is 1.31. The molecule has 2 aromatic heterocycles. The molecule has 0 amide bonds. The van der Waals surface area contributed by atoms with Crippen molar-refractivity contribution in [2.24, 2.45) is 7.05 Å². The van der Waals surface area contributed by atoms with E-state index in [0.717, 1.165) is 10.1 Å². The maximum absolute atomic E-state index is 12.8. The van der Waals surface area contributed by atoms with Crippen LogP contribution in [-0.4, -0.2) is 104 Å². The number of aliphatic hydroxyl groups is 2. The van der Waals surface area contributed by atoms with Crippen molar-refractivity contribution in [1.29, 1.82) is 0 Å². The smallest absolute Gasteiger partial charge is 0.332 e. The maximum Gasteiger partial charge on any atom is 0.332 e. The minimum atomic E-state index is -3.58. The van der Waals surface area contributed by atoms with E-state index in [1.54, 1.807) is 28.8 Å². The lowest BCUT2D eigenvalue weighted by molar-refractivity contribution is 0.0486. The van der Waals surface area contributed by atoms with E-state index in [4.69, 9.17) is 0 Å². The van der Waals surface area contributed by atoms with E-state index >= 15 is 0 Å². The Morgan fingerprint density at radius 1 is 0.923 bits per heavy atom. The number of imidazole rings is 1. The first-order valence-corrected chi connectivity index (χ1v) is 14.8. The number of nitrogens with zero attached hydrogens (tertiary/aromatic N) is 6. The normalized spacial score (nSPS) is 17.2. The number of piperazine rings is 1. The van der Waals surface area contributed by atoms with Crippen LogP contribution in [0.15, 0.2) is 45.1 Å². The largest absolute Gasteiger partial charge is 0.391 e. The molecule has 13 heteroatoms. The molecule has 3 aromatic rings. The number of aryl methyl sites for hydroxylation is 1. The van der Waals surface area contributed by atoms with Gasteiger partial charge >= 0.3 is 5.69 Å². The molecule has 12 nitrogen and oxygen atoms in total. The highest BCUT2D eigenvalue weighted by Gasteiger charge is 2.25. The van der Waals surface area contributed by atoms with Gasteiger partial charge in [-0.05, 0) is 32.9 Å². The van der Waals surface area contributed by atoms with Crippen LogP contribution in [0.3, 0.4) is 0 Å². The monoisotopic (exact) mass is 562 g/mol. The second kappa shape index (κ2) is 11.7. The lowest BCUT2D eigenvalue weighted by Crippen LogP contribution is -2.51. The summed E-state index contributed by atoms with van der Waals surface area (Å²) in [5.41, 5.74) is 0.681. The van der Waals surface area contributed by atoms with Crippen molar-refractivity contribution in [3.05, 3.63) is 57.0 Å². The summed E-state index contributed by atoms with van der Waals surface area (Å²) in [6.07, 6.45) is -0.297. The molecule has 1 aliphatic rings. The molecule has 0 radical (unpaired) electrons. The Hall–Kier alpha value is -2.84. The van der Waals surface area contributed by atoms with Crippen molar-refractivity contribution in [1.82, 2.24) is 28.5 Å². The van der Waals surface area contributed by atoms with Crippen LogP contribution in [0.4, 0.5) is 0 Å². The van der Waals surface area contributed by atoms with Crippen LogP contribution in [-0.2, 0) is 23.4 Å². The molecule has 2 unspecified atom stereocenters. The highest BCUT2D eigenvalue weighted by Crippen LogP contribution is 2.15. The quantitative estimate of drug-likeness (QED) is 0.337. The molecule has 1 aromatic carbocycles. The first-order valence-electron chi connectivity index (χ1n) is 13.1. The number of rotatable bonds is 10. The van der Waals surface area contributed by atoms with E-state index in [1.165, 1.54) is 17.9 Å². The second-order valence-electron chi connectivity index (χ2n) is 10.7. The molecular weight excluding hydrogens is 524 g/mol. The van der Waals surface area contributed by atoms with Crippen molar-refractivity contribution in [2.45, 2.75) is 50.5 Å².